The first kappa shape index (κ1) is 8.30. The Kier molecular flexibility index (Phi) is 2.68. The molecule has 0 aliphatic carbocycles. The maximum Gasteiger partial charge on any atom is 0.326 e. The summed E-state index contributed by atoms with van der Waals surface area (Å²) in [5, 5.41) is 8.04. The second kappa shape index (κ2) is 3.55. The van der Waals surface area contributed by atoms with E-state index in [2.05, 4.69) is 0 Å². The molecule has 11 heavy (non-hydrogen) atoms. The first-order valence-electron chi connectivity index (χ1n) is 3.01. The second-order valence-electron chi connectivity index (χ2n) is 2.03. The van der Waals surface area contributed by atoms with Gasteiger partial charge in [-0.05, 0) is 11.6 Å². The number of hydrogen-bond donors (Lipinski definition) is 1. The van der Waals surface area contributed by atoms with Gasteiger partial charge in [0, 0.05) is 5.56 Å². The van der Waals surface area contributed by atoms with Crippen LogP contribution in [0.2, 0.25) is 0 Å². The van der Waals surface area contributed by atoms with Crippen molar-refractivity contribution < 1.29 is 9.82 Å². The Balaban J connectivity index is 3.01. The zero-order chi connectivity index (χ0) is 8.27. The van der Waals surface area contributed by atoms with Gasteiger partial charge in [0.2, 0.25) is 0 Å². The van der Waals surface area contributed by atoms with Crippen LogP contribution in [0.3, 0.4) is 0 Å². The highest BCUT2D eigenvalue weighted by Gasteiger charge is 2.01. The van der Waals surface area contributed by atoms with Crippen LogP contribution in [0.4, 0.5) is 0 Å². The minimum atomic E-state index is -0.520. The van der Waals surface area contributed by atoms with Gasteiger partial charge >= 0.3 is 7.48 Å². The SMILES string of the molecule is O=C(Cl)c1cccc([B]O)c1. The van der Waals surface area contributed by atoms with Gasteiger partial charge in [-0.15, -0.1) is 0 Å². The van der Waals surface area contributed by atoms with Crippen molar-refractivity contribution in [3.8, 4) is 0 Å². The van der Waals surface area contributed by atoms with Gasteiger partial charge in [0.15, 0.2) is 0 Å². The number of hydrogen-bond acceptors (Lipinski definition) is 2. The Labute approximate surface area is 70.1 Å². The molecule has 0 unspecified atom stereocenters. The van der Waals surface area contributed by atoms with Gasteiger partial charge in [0.25, 0.3) is 5.24 Å². The van der Waals surface area contributed by atoms with Crippen molar-refractivity contribution in [1.29, 1.82) is 0 Å². The third-order valence-corrected chi connectivity index (χ3v) is 1.48. The zero-order valence-electron chi connectivity index (χ0n) is 5.62. The van der Waals surface area contributed by atoms with Crippen LogP contribution in [0.25, 0.3) is 0 Å². The Morgan fingerprint density at radius 3 is 2.82 bits per heavy atom. The van der Waals surface area contributed by atoms with Crippen LogP contribution < -0.4 is 5.46 Å². The van der Waals surface area contributed by atoms with E-state index in [1.54, 1.807) is 18.2 Å². The molecular formula is C7H5BClO2. The van der Waals surface area contributed by atoms with Crippen molar-refractivity contribution in [1.82, 2.24) is 0 Å². The summed E-state index contributed by atoms with van der Waals surface area (Å²) in [7, 11) is 0.920. The van der Waals surface area contributed by atoms with Crippen molar-refractivity contribution in [2.75, 3.05) is 0 Å². The molecular weight excluding hydrogens is 162 g/mol. The van der Waals surface area contributed by atoms with E-state index in [0.29, 0.717) is 11.0 Å². The van der Waals surface area contributed by atoms with Crippen LogP contribution in [-0.4, -0.2) is 17.7 Å². The topological polar surface area (TPSA) is 37.3 Å². The predicted molar refractivity (Wildman–Crippen MR) is 44.2 cm³/mol. The van der Waals surface area contributed by atoms with E-state index in [-0.39, 0.29) is 0 Å². The fourth-order valence-electron chi connectivity index (χ4n) is 0.741. The molecule has 0 heterocycles. The molecule has 0 aromatic heterocycles. The standard InChI is InChI=1S/C7H5BClO2/c9-7(10)5-2-1-3-6(4-5)8-11/h1-4,11H. The summed E-state index contributed by atoms with van der Waals surface area (Å²) in [4.78, 5) is 10.6. The molecule has 0 saturated heterocycles. The quantitative estimate of drug-likeness (QED) is 0.508. The minimum Gasteiger partial charge on any atom is -0.450 e. The number of carbonyl (C=O) groups excluding carboxylic acids is 1. The Morgan fingerprint density at radius 2 is 2.27 bits per heavy atom. The van der Waals surface area contributed by atoms with E-state index < -0.39 is 5.24 Å². The summed E-state index contributed by atoms with van der Waals surface area (Å²) in [6, 6.07) is 6.42. The molecule has 1 rings (SSSR count). The van der Waals surface area contributed by atoms with Crippen LogP contribution in [0.15, 0.2) is 24.3 Å². The molecule has 4 heteroatoms. The Bertz CT molecular complexity index is 275. The fourth-order valence-corrected chi connectivity index (χ4v) is 0.859. The number of halogens is 1. The lowest BCUT2D eigenvalue weighted by Gasteiger charge is -1.95. The molecule has 1 aromatic carbocycles. The summed E-state index contributed by atoms with van der Waals surface area (Å²) in [5.74, 6) is 0. The van der Waals surface area contributed by atoms with Gasteiger partial charge in [-0.3, -0.25) is 4.79 Å². The van der Waals surface area contributed by atoms with Crippen LogP contribution in [0.5, 0.6) is 0 Å². The molecule has 0 spiro atoms. The largest absolute Gasteiger partial charge is 0.450 e. The molecule has 0 bridgehead atoms. The predicted octanol–water partition coefficient (Wildman–Crippen LogP) is 0.302. The first-order chi connectivity index (χ1) is 5.24. The highest BCUT2D eigenvalue weighted by molar-refractivity contribution is 6.68. The normalized spacial score (nSPS) is 9.27. The van der Waals surface area contributed by atoms with Gasteiger partial charge in [0.05, 0.1) is 0 Å². The highest BCUT2D eigenvalue weighted by atomic mass is 35.5. The molecule has 0 aliphatic rings. The smallest absolute Gasteiger partial charge is 0.326 e. The summed E-state index contributed by atoms with van der Waals surface area (Å²) in [6.07, 6.45) is 0. The molecule has 0 fully saturated rings. The van der Waals surface area contributed by atoms with Crippen molar-refractivity contribution in [3.63, 3.8) is 0 Å². The van der Waals surface area contributed by atoms with E-state index >= 15 is 0 Å². The molecule has 1 N–H and O–H groups in total. The number of benzene rings is 1. The van der Waals surface area contributed by atoms with E-state index in [1.807, 2.05) is 0 Å². The highest BCUT2D eigenvalue weighted by Crippen LogP contribution is 2.00. The van der Waals surface area contributed by atoms with E-state index in [1.165, 1.54) is 6.07 Å². The third kappa shape index (κ3) is 2.07. The van der Waals surface area contributed by atoms with Crippen molar-refractivity contribution in [2.45, 2.75) is 0 Å². The first-order valence-corrected chi connectivity index (χ1v) is 3.39. The molecule has 0 aliphatic heterocycles. The lowest BCUT2D eigenvalue weighted by atomic mass is 9.88. The number of carbonyl (C=O) groups is 1. The van der Waals surface area contributed by atoms with Crippen molar-refractivity contribution >= 4 is 29.8 Å². The van der Waals surface area contributed by atoms with Gasteiger partial charge in [0.1, 0.15) is 0 Å². The van der Waals surface area contributed by atoms with Crippen molar-refractivity contribution in [2.24, 2.45) is 0 Å². The minimum absolute atomic E-state index is 0.384. The van der Waals surface area contributed by atoms with Crippen LogP contribution >= 0.6 is 11.6 Å². The summed E-state index contributed by atoms with van der Waals surface area (Å²) >= 11 is 5.20. The third-order valence-electron chi connectivity index (χ3n) is 1.26. The second-order valence-corrected chi connectivity index (χ2v) is 2.37. The lowest BCUT2D eigenvalue weighted by molar-refractivity contribution is 0.108. The van der Waals surface area contributed by atoms with E-state index in [0.717, 1.165) is 7.48 Å². The monoisotopic (exact) mass is 167 g/mol. The van der Waals surface area contributed by atoms with Crippen molar-refractivity contribution in [3.05, 3.63) is 29.8 Å². The molecule has 1 aromatic rings. The molecule has 0 saturated carbocycles. The Hall–Kier alpha value is -0.795. The lowest BCUT2D eigenvalue weighted by Crippen LogP contribution is -2.13. The van der Waals surface area contributed by atoms with Gasteiger partial charge in [-0.1, -0.05) is 29.7 Å². The van der Waals surface area contributed by atoms with Gasteiger partial charge in [-0.25, -0.2) is 0 Å². The van der Waals surface area contributed by atoms with Gasteiger partial charge in [-0.2, -0.15) is 0 Å². The average Bonchev–Trinajstić information content (AvgIpc) is 2.05. The summed E-state index contributed by atoms with van der Waals surface area (Å²) in [5.41, 5.74) is 0.950. The zero-order valence-corrected chi connectivity index (χ0v) is 6.38. The summed E-state index contributed by atoms with van der Waals surface area (Å²) < 4.78 is 0. The summed E-state index contributed by atoms with van der Waals surface area (Å²) in [6.45, 7) is 0. The van der Waals surface area contributed by atoms with Gasteiger partial charge < -0.3 is 5.02 Å². The number of rotatable bonds is 2. The van der Waals surface area contributed by atoms with E-state index in [4.69, 9.17) is 16.6 Å². The van der Waals surface area contributed by atoms with E-state index in [9.17, 15) is 4.79 Å². The fraction of sp³-hybridized carbons (Fsp3) is 0. The molecule has 1 radical (unpaired) electrons. The molecule has 2 nitrogen and oxygen atoms in total. The van der Waals surface area contributed by atoms with Crippen LogP contribution in [0, 0.1) is 0 Å². The molecule has 55 valence electrons. The average molecular weight is 167 g/mol. The molecule has 0 atom stereocenters. The van der Waals surface area contributed by atoms with Crippen LogP contribution in [0.1, 0.15) is 10.4 Å². The Morgan fingerprint density at radius 1 is 1.55 bits per heavy atom. The van der Waals surface area contributed by atoms with Crippen LogP contribution in [-0.2, 0) is 0 Å². The molecule has 0 amide bonds. The maximum absolute atomic E-state index is 10.6. The maximum atomic E-state index is 10.6.